The summed E-state index contributed by atoms with van der Waals surface area (Å²) in [6.45, 7) is 3.02. The number of non-ortho nitro benzene ring substituents is 1. The van der Waals surface area contributed by atoms with Gasteiger partial charge in [0.2, 0.25) is 5.91 Å². The summed E-state index contributed by atoms with van der Waals surface area (Å²) in [5.74, 6) is 0.356. The number of para-hydroxylation sites is 1. The first-order chi connectivity index (χ1) is 16.9. The van der Waals surface area contributed by atoms with Crippen molar-refractivity contribution in [3.8, 4) is 0 Å². The summed E-state index contributed by atoms with van der Waals surface area (Å²) in [5.41, 5.74) is 1.20. The van der Waals surface area contributed by atoms with Crippen molar-refractivity contribution in [1.29, 1.82) is 0 Å². The highest BCUT2D eigenvalue weighted by atomic mass is 32.2. The third-order valence-corrected chi connectivity index (χ3v) is 6.73. The number of carbonyl (C=O) groups is 2. The highest BCUT2D eigenvalue weighted by Gasteiger charge is 2.22. The molecule has 1 saturated heterocycles. The summed E-state index contributed by atoms with van der Waals surface area (Å²) >= 11 is 1.30. The summed E-state index contributed by atoms with van der Waals surface area (Å²) < 4.78 is 1.72. The summed E-state index contributed by atoms with van der Waals surface area (Å²) in [6.07, 6.45) is 0. The molecule has 0 spiro atoms. The third-order valence-electron chi connectivity index (χ3n) is 5.73. The molecule has 0 aliphatic carbocycles. The number of amides is 2. The molecule has 2 aromatic carbocycles. The first kappa shape index (κ1) is 24.2. The Bertz CT molecular complexity index is 1210. The van der Waals surface area contributed by atoms with E-state index in [1.807, 2.05) is 23.1 Å². The minimum atomic E-state index is -0.548. The second-order valence-electron chi connectivity index (χ2n) is 7.94. The van der Waals surface area contributed by atoms with Crippen LogP contribution in [-0.4, -0.2) is 68.3 Å². The van der Waals surface area contributed by atoms with Crippen LogP contribution in [0.1, 0.15) is 16.2 Å². The molecule has 0 saturated carbocycles. The highest BCUT2D eigenvalue weighted by molar-refractivity contribution is 7.99. The van der Waals surface area contributed by atoms with Crippen molar-refractivity contribution in [2.45, 2.75) is 11.7 Å². The molecule has 3 aromatic rings. The van der Waals surface area contributed by atoms with Crippen LogP contribution in [0.25, 0.3) is 0 Å². The summed E-state index contributed by atoms with van der Waals surface area (Å²) in [5, 5.41) is 22.4. The summed E-state index contributed by atoms with van der Waals surface area (Å²) in [4.78, 5) is 39.6. The van der Waals surface area contributed by atoms with E-state index in [4.69, 9.17) is 0 Å². The van der Waals surface area contributed by atoms with E-state index in [0.717, 1.165) is 18.8 Å². The molecule has 11 nitrogen and oxygen atoms in total. The fourth-order valence-electron chi connectivity index (χ4n) is 3.72. The van der Waals surface area contributed by atoms with Gasteiger partial charge in [0.15, 0.2) is 11.0 Å². The first-order valence-corrected chi connectivity index (χ1v) is 12.0. The standard InChI is InChI=1S/C23H25N7O4S/c1-27-20(15-24-22(32)17-6-5-9-19(14-17)30(33)34)25-26-23(27)35-16-21(31)29-12-10-28(11-13-29)18-7-3-2-4-8-18/h2-9,14H,10-13,15-16H2,1H3,(H,24,32). The Morgan fingerprint density at radius 2 is 1.80 bits per heavy atom. The molecule has 1 N–H and O–H groups in total. The van der Waals surface area contributed by atoms with Crippen molar-refractivity contribution in [3.05, 3.63) is 76.1 Å². The number of aromatic nitrogens is 3. The second kappa shape index (κ2) is 11.0. The predicted octanol–water partition coefficient (Wildman–Crippen LogP) is 2.09. The average Bonchev–Trinajstić information content (AvgIpc) is 3.25. The average molecular weight is 496 g/mol. The number of nitro groups is 1. The normalized spacial score (nSPS) is 13.5. The molecular formula is C23H25N7O4S. The number of anilines is 1. The van der Waals surface area contributed by atoms with Crippen molar-refractivity contribution < 1.29 is 14.5 Å². The Hall–Kier alpha value is -3.93. The van der Waals surface area contributed by atoms with Gasteiger partial charge in [-0.15, -0.1) is 10.2 Å². The molecule has 1 aromatic heterocycles. The van der Waals surface area contributed by atoms with Gasteiger partial charge in [0.1, 0.15) is 0 Å². The topological polar surface area (TPSA) is 126 Å². The van der Waals surface area contributed by atoms with Gasteiger partial charge in [0, 0.05) is 56.6 Å². The van der Waals surface area contributed by atoms with E-state index in [0.29, 0.717) is 24.1 Å². The number of rotatable bonds is 8. The van der Waals surface area contributed by atoms with Crippen LogP contribution in [0.4, 0.5) is 11.4 Å². The number of thioether (sulfide) groups is 1. The third kappa shape index (κ3) is 5.96. The molecule has 2 heterocycles. The Kier molecular flexibility index (Phi) is 7.60. The zero-order valence-corrected chi connectivity index (χ0v) is 20.0. The molecule has 0 atom stereocenters. The van der Waals surface area contributed by atoms with Crippen LogP contribution >= 0.6 is 11.8 Å². The minimum Gasteiger partial charge on any atom is -0.368 e. The minimum absolute atomic E-state index is 0.0474. The van der Waals surface area contributed by atoms with Crippen LogP contribution in [0.15, 0.2) is 59.8 Å². The molecule has 1 fully saturated rings. The lowest BCUT2D eigenvalue weighted by Gasteiger charge is -2.36. The van der Waals surface area contributed by atoms with E-state index in [1.165, 1.54) is 36.0 Å². The maximum absolute atomic E-state index is 12.7. The molecule has 0 bridgehead atoms. The van der Waals surface area contributed by atoms with E-state index in [2.05, 4.69) is 32.5 Å². The monoisotopic (exact) mass is 495 g/mol. The Labute approximate surface area is 206 Å². The lowest BCUT2D eigenvalue weighted by molar-refractivity contribution is -0.384. The zero-order chi connectivity index (χ0) is 24.8. The lowest BCUT2D eigenvalue weighted by atomic mass is 10.2. The molecule has 0 radical (unpaired) electrons. The van der Waals surface area contributed by atoms with Crippen molar-refractivity contribution >= 4 is 35.0 Å². The van der Waals surface area contributed by atoms with E-state index in [9.17, 15) is 19.7 Å². The molecule has 182 valence electrons. The quantitative estimate of drug-likeness (QED) is 0.286. The largest absolute Gasteiger partial charge is 0.368 e. The van der Waals surface area contributed by atoms with Crippen molar-refractivity contribution in [1.82, 2.24) is 25.0 Å². The van der Waals surface area contributed by atoms with Crippen LogP contribution in [0.3, 0.4) is 0 Å². The number of hydrogen-bond acceptors (Lipinski definition) is 8. The SMILES string of the molecule is Cn1c(CNC(=O)c2cccc([N+](=O)[O-])c2)nnc1SCC(=O)N1CCN(c2ccccc2)CC1. The predicted molar refractivity (Wildman–Crippen MR) is 131 cm³/mol. The maximum atomic E-state index is 12.7. The van der Waals surface area contributed by atoms with Gasteiger partial charge in [-0.3, -0.25) is 19.7 Å². The summed E-state index contributed by atoms with van der Waals surface area (Å²) in [7, 11) is 1.76. The van der Waals surface area contributed by atoms with Crippen LogP contribution in [0.2, 0.25) is 0 Å². The van der Waals surface area contributed by atoms with Crippen LogP contribution in [0, 0.1) is 10.1 Å². The molecule has 2 amide bonds. The van der Waals surface area contributed by atoms with Gasteiger partial charge in [-0.2, -0.15) is 0 Å². The Balaban J connectivity index is 1.25. The van der Waals surface area contributed by atoms with Gasteiger partial charge < -0.3 is 19.7 Å². The van der Waals surface area contributed by atoms with Crippen molar-refractivity contribution in [2.24, 2.45) is 7.05 Å². The zero-order valence-electron chi connectivity index (χ0n) is 19.2. The van der Waals surface area contributed by atoms with Crippen LogP contribution < -0.4 is 10.2 Å². The van der Waals surface area contributed by atoms with E-state index in [1.54, 1.807) is 11.6 Å². The molecule has 4 rings (SSSR count). The van der Waals surface area contributed by atoms with Gasteiger partial charge in [-0.1, -0.05) is 36.0 Å². The van der Waals surface area contributed by atoms with Gasteiger partial charge in [-0.25, -0.2) is 0 Å². The van der Waals surface area contributed by atoms with E-state index < -0.39 is 10.8 Å². The van der Waals surface area contributed by atoms with Crippen molar-refractivity contribution in [2.75, 3.05) is 36.8 Å². The fraction of sp³-hybridized carbons (Fsp3) is 0.304. The Morgan fingerprint density at radius 1 is 1.06 bits per heavy atom. The molecule has 1 aliphatic rings. The highest BCUT2D eigenvalue weighted by Crippen LogP contribution is 2.19. The number of piperazine rings is 1. The molecule has 12 heteroatoms. The fourth-order valence-corrected chi connectivity index (χ4v) is 4.55. The van der Waals surface area contributed by atoms with Gasteiger partial charge in [0.05, 0.1) is 17.2 Å². The molecule has 1 aliphatic heterocycles. The molecule has 35 heavy (non-hydrogen) atoms. The number of carbonyl (C=O) groups excluding carboxylic acids is 2. The van der Waals surface area contributed by atoms with E-state index in [-0.39, 0.29) is 29.5 Å². The van der Waals surface area contributed by atoms with Gasteiger partial charge in [-0.05, 0) is 18.2 Å². The van der Waals surface area contributed by atoms with Gasteiger partial charge >= 0.3 is 0 Å². The van der Waals surface area contributed by atoms with Gasteiger partial charge in [0.25, 0.3) is 11.6 Å². The lowest BCUT2D eigenvalue weighted by Crippen LogP contribution is -2.49. The summed E-state index contributed by atoms with van der Waals surface area (Å²) in [6, 6.07) is 15.7. The number of hydrogen-bond donors (Lipinski definition) is 1. The van der Waals surface area contributed by atoms with E-state index >= 15 is 0 Å². The number of nitro benzene ring substituents is 1. The smallest absolute Gasteiger partial charge is 0.270 e. The van der Waals surface area contributed by atoms with Crippen LogP contribution in [-0.2, 0) is 18.4 Å². The number of nitrogens with zero attached hydrogens (tertiary/aromatic N) is 6. The van der Waals surface area contributed by atoms with Crippen LogP contribution in [0.5, 0.6) is 0 Å². The molecule has 0 unspecified atom stereocenters. The molecular weight excluding hydrogens is 470 g/mol. The Morgan fingerprint density at radius 3 is 2.51 bits per heavy atom. The number of nitrogens with one attached hydrogen (secondary N) is 1. The number of benzene rings is 2. The first-order valence-electron chi connectivity index (χ1n) is 11.0. The maximum Gasteiger partial charge on any atom is 0.270 e. The second-order valence-corrected chi connectivity index (χ2v) is 8.88. The van der Waals surface area contributed by atoms with Crippen molar-refractivity contribution in [3.63, 3.8) is 0 Å².